The molecule has 0 bridgehead atoms. The lowest BCUT2D eigenvalue weighted by atomic mass is 10.2. The molecule has 2 nitrogen and oxygen atoms in total. The number of terminal acetylenes is 1. The normalized spacial score (nSPS) is 12.6. The highest BCUT2D eigenvalue weighted by Gasteiger charge is 2.11. The number of hydrogen-bond acceptors (Lipinski definition) is 1. The molecular weight excluding hydrogens is 172 g/mol. The van der Waals surface area contributed by atoms with Crippen LogP contribution in [0, 0.1) is 12.3 Å². The maximum atomic E-state index is 5.42. The molecule has 0 radical (unpaired) electrons. The predicted molar refractivity (Wildman–Crippen MR) is 55.5 cm³/mol. The second-order valence-electron chi connectivity index (χ2n) is 3.12. The van der Waals surface area contributed by atoms with E-state index in [0.29, 0.717) is 0 Å². The lowest BCUT2D eigenvalue weighted by Crippen LogP contribution is -1.85. The minimum atomic E-state index is 0.878. The Balaban J connectivity index is 2.42. The van der Waals surface area contributed by atoms with E-state index >= 15 is 0 Å². The standard InChI is InChI=1S/C12H6N2/c1-2-9-8-14(10-3-4-10)12-5-6-13-7-11(9)12/h1,3,5-8H. The molecule has 0 spiro atoms. The molecule has 2 heterocycles. The highest BCUT2D eigenvalue weighted by Crippen LogP contribution is 2.26. The molecule has 2 aromatic rings. The van der Waals surface area contributed by atoms with E-state index in [2.05, 4.69) is 16.6 Å². The zero-order valence-corrected chi connectivity index (χ0v) is 7.36. The van der Waals surface area contributed by atoms with Crippen molar-refractivity contribution >= 4 is 16.6 Å². The van der Waals surface area contributed by atoms with E-state index in [0.717, 1.165) is 22.2 Å². The van der Waals surface area contributed by atoms with E-state index < -0.39 is 0 Å². The smallest absolute Gasteiger partial charge is 0.0966 e. The van der Waals surface area contributed by atoms with E-state index in [1.165, 1.54) is 0 Å². The van der Waals surface area contributed by atoms with Crippen LogP contribution >= 0.6 is 0 Å². The van der Waals surface area contributed by atoms with Crippen LogP contribution in [0.2, 0.25) is 0 Å². The Morgan fingerprint density at radius 2 is 2.36 bits per heavy atom. The van der Waals surface area contributed by atoms with Crippen LogP contribution in [-0.2, 0) is 0 Å². The SMILES string of the molecule is C#Cc1cn(C2=C=C2)c2ccncc12. The molecule has 0 atom stereocenters. The van der Waals surface area contributed by atoms with E-state index in [-0.39, 0.29) is 0 Å². The maximum Gasteiger partial charge on any atom is 0.0966 e. The van der Waals surface area contributed by atoms with Crippen LogP contribution in [0.1, 0.15) is 5.56 Å². The van der Waals surface area contributed by atoms with Gasteiger partial charge in [0.15, 0.2) is 0 Å². The average Bonchev–Trinajstić information content (AvgIpc) is 3.00. The molecule has 1 aliphatic carbocycles. The highest BCUT2D eigenvalue weighted by molar-refractivity contribution is 5.91. The molecule has 0 saturated carbocycles. The number of rotatable bonds is 1. The summed E-state index contributed by atoms with van der Waals surface area (Å²) < 4.78 is 2.03. The van der Waals surface area contributed by atoms with Crippen molar-refractivity contribution in [1.82, 2.24) is 9.55 Å². The summed E-state index contributed by atoms with van der Waals surface area (Å²) in [6.45, 7) is 0. The third kappa shape index (κ3) is 0.848. The van der Waals surface area contributed by atoms with Crippen LogP contribution in [-0.4, -0.2) is 9.55 Å². The summed E-state index contributed by atoms with van der Waals surface area (Å²) >= 11 is 0. The van der Waals surface area contributed by atoms with Crippen molar-refractivity contribution in [3.05, 3.63) is 42.0 Å². The van der Waals surface area contributed by atoms with E-state index in [1.807, 2.05) is 22.9 Å². The lowest BCUT2D eigenvalue weighted by Gasteiger charge is -1.95. The topological polar surface area (TPSA) is 17.8 Å². The number of aromatic nitrogens is 2. The summed E-state index contributed by atoms with van der Waals surface area (Å²) in [6.07, 6.45) is 12.9. The molecule has 0 N–H and O–H groups in total. The van der Waals surface area contributed by atoms with Crippen molar-refractivity contribution in [3.63, 3.8) is 0 Å². The van der Waals surface area contributed by atoms with Gasteiger partial charge in [0.1, 0.15) is 0 Å². The summed E-state index contributed by atoms with van der Waals surface area (Å²) in [5.74, 6) is 2.66. The van der Waals surface area contributed by atoms with E-state index in [4.69, 9.17) is 6.42 Å². The van der Waals surface area contributed by atoms with Gasteiger partial charge in [-0.3, -0.25) is 4.98 Å². The van der Waals surface area contributed by atoms with Crippen molar-refractivity contribution in [2.24, 2.45) is 0 Å². The summed E-state index contributed by atoms with van der Waals surface area (Å²) in [5, 5.41) is 1.02. The van der Waals surface area contributed by atoms with Gasteiger partial charge in [-0.15, -0.1) is 6.42 Å². The first-order chi connectivity index (χ1) is 6.90. The third-order valence-electron chi connectivity index (χ3n) is 2.29. The zero-order valence-electron chi connectivity index (χ0n) is 7.36. The number of fused-ring (bicyclic) bond motifs is 1. The van der Waals surface area contributed by atoms with Gasteiger partial charge in [0.05, 0.1) is 16.8 Å². The molecule has 1 aliphatic rings. The summed E-state index contributed by atoms with van der Waals surface area (Å²) in [5.41, 5.74) is 6.08. The Hall–Kier alpha value is -2.23. The number of nitrogens with zero attached hydrogens (tertiary/aromatic N) is 2. The monoisotopic (exact) mass is 178 g/mol. The van der Waals surface area contributed by atoms with Gasteiger partial charge in [-0.2, -0.15) is 0 Å². The first kappa shape index (κ1) is 7.20. The maximum absolute atomic E-state index is 5.42. The van der Waals surface area contributed by atoms with Crippen LogP contribution in [0.4, 0.5) is 0 Å². The van der Waals surface area contributed by atoms with Crippen molar-refractivity contribution in [2.45, 2.75) is 0 Å². The fourth-order valence-corrected chi connectivity index (χ4v) is 1.56. The van der Waals surface area contributed by atoms with Gasteiger partial charge in [-0.1, -0.05) is 11.7 Å². The van der Waals surface area contributed by atoms with Gasteiger partial charge < -0.3 is 4.57 Å². The van der Waals surface area contributed by atoms with E-state index in [9.17, 15) is 0 Å². The molecule has 0 aromatic carbocycles. The predicted octanol–water partition coefficient (Wildman–Crippen LogP) is 2.03. The van der Waals surface area contributed by atoms with Crippen LogP contribution in [0.25, 0.3) is 16.6 Å². The molecule has 14 heavy (non-hydrogen) atoms. The second kappa shape index (κ2) is 2.38. The number of pyridine rings is 1. The lowest BCUT2D eigenvalue weighted by molar-refractivity contribution is 1.20. The van der Waals surface area contributed by atoms with Crippen LogP contribution in [0.3, 0.4) is 0 Å². The summed E-state index contributed by atoms with van der Waals surface area (Å²) in [4.78, 5) is 4.07. The quantitative estimate of drug-likeness (QED) is 0.482. The Bertz CT molecular complexity index is 632. The molecule has 64 valence electrons. The minimum Gasteiger partial charge on any atom is -0.308 e. The van der Waals surface area contributed by atoms with Crippen LogP contribution in [0.15, 0.2) is 36.5 Å². The summed E-state index contributed by atoms with van der Waals surface area (Å²) in [6, 6.07) is 1.96. The molecular formula is C12H6N2. The number of allylic oxidation sites excluding steroid dienone is 1. The fourth-order valence-electron chi connectivity index (χ4n) is 1.56. The van der Waals surface area contributed by atoms with Gasteiger partial charge in [0.2, 0.25) is 0 Å². The Morgan fingerprint density at radius 3 is 3.07 bits per heavy atom. The summed E-state index contributed by atoms with van der Waals surface area (Å²) in [7, 11) is 0. The largest absolute Gasteiger partial charge is 0.308 e. The molecule has 0 amide bonds. The Kier molecular flexibility index (Phi) is 1.23. The van der Waals surface area contributed by atoms with Crippen molar-refractivity contribution in [3.8, 4) is 12.3 Å². The molecule has 2 aromatic heterocycles. The third-order valence-corrected chi connectivity index (χ3v) is 2.29. The second-order valence-corrected chi connectivity index (χ2v) is 3.12. The van der Waals surface area contributed by atoms with Gasteiger partial charge >= 0.3 is 0 Å². The zero-order chi connectivity index (χ0) is 9.54. The first-order valence-corrected chi connectivity index (χ1v) is 4.29. The van der Waals surface area contributed by atoms with Gasteiger partial charge in [0, 0.05) is 30.1 Å². The molecule has 0 aliphatic heterocycles. The van der Waals surface area contributed by atoms with Gasteiger partial charge in [0.25, 0.3) is 0 Å². The van der Waals surface area contributed by atoms with E-state index in [1.54, 1.807) is 12.4 Å². The Morgan fingerprint density at radius 1 is 1.50 bits per heavy atom. The molecule has 0 unspecified atom stereocenters. The van der Waals surface area contributed by atoms with Crippen LogP contribution in [0.5, 0.6) is 0 Å². The highest BCUT2D eigenvalue weighted by atomic mass is 15.0. The molecule has 3 rings (SSSR count). The number of hydrogen-bond donors (Lipinski definition) is 0. The molecule has 2 heteroatoms. The van der Waals surface area contributed by atoms with Gasteiger partial charge in [-0.05, 0) is 6.07 Å². The Labute approximate surface area is 81.2 Å². The van der Waals surface area contributed by atoms with Crippen molar-refractivity contribution < 1.29 is 0 Å². The van der Waals surface area contributed by atoms with Crippen molar-refractivity contribution in [2.75, 3.05) is 0 Å². The first-order valence-electron chi connectivity index (χ1n) is 4.29. The molecule has 0 saturated heterocycles. The van der Waals surface area contributed by atoms with Crippen molar-refractivity contribution in [1.29, 1.82) is 0 Å². The molecule has 0 fully saturated rings. The fraction of sp³-hybridized carbons (Fsp3) is 0. The minimum absolute atomic E-state index is 0.878. The average molecular weight is 178 g/mol. The van der Waals surface area contributed by atoms with Crippen LogP contribution < -0.4 is 0 Å². The van der Waals surface area contributed by atoms with Gasteiger partial charge in [-0.25, -0.2) is 0 Å².